The zero-order valence-electron chi connectivity index (χ0n) is 17.5. The molecular weight excluding hydrogens is 376 g/mol. The lowest BCUT2D eigenvalue weighted by Crippen LogP contribution is -2.33. The Morgan fingerprint density at radius 3 is 2.43 bits per heavy atom. The molecule has 0 aromatic heterocycles. The molecule has 3 fully saturated rings. The van der Waals surface area contributed by atoms with Gasteiger partial charge in [0.1, 0.15) is 5.75 Å². The summed E-state index contributed by atoms with van der Waals surface area (Å²) in [5, 5.41) is 19.7. The molecule has 2 saturated carbocycles. The van der Waals surface area contributed by atoms with Crippen LogP contribution in [0, 0.1) is 0 Å². The van der Waals surface area contributed by atoms with Gasteiger partial charge in [0.25, 0.3) is 0 Å². The molecule has 2 aliphatic carbocycles. The summed E-state index contributed by atoms with van der Waals surface area (Å²) in [4.78, 5) is 0. The summed E-state index contributed by atoms with van der Waals surface area (Å²) in [7, 11) is 0. The van der Waals surface area contributed by atoms with Crippen molar-refractivity contribution in [2.75, 3.05) is 6.61 Å². The highest BCUT2D eigenvalue weighted by molar-refractivity contribution is 5.41. The van der Waals surface area contributed by atoms with Gasteiger partial charge in [0.05, 0.1) is 31.0 Å². The molecule has 160 valence electrons. The van der Waals surface area contributed by atoms with E-state index >= 15 is 0 Å². The quantitative estimate of drug-likeness (QED) is 0.700. The standard InChI is InChI=1S/C26H32O4/c27-16-24-14-21(28)15-26(30-24)19-8-11-25(18-6-7-18)20(13-19)12-17-4-9-23(10-5-17)29-22-2-1-3-22/h4-5,8-11,13,18,21-22,24,26-28H,1-3,6-7,12,14-16H2/t21?,24-,26+/m0/s1. The Bertz CT molecular complexity index is 854. The summed E-state index contributed by atoms with van der Waals surface area (Å²) in [6, 6.07) is 15.2. The fraction of sp³-hybridized carbons (Fsp3) is 0.538. The molecule has 1 aliphatic heterocycles. The minimum Gasteiger partial charge on any atom is -0.490 e. The van der Waals surface area contributed by atoms with E-state index in [2.05, 4.69) is 42.5 Å². The van der Waals surface area contributed by atoms with Crippen LogP contribution in [0.1, 0.15) is 79.2 Å². The molecular formula is C26H32O4. The molecule has 3 atom stereocenters. The second-order valence-corrected chi connectivity index (χ2v) is 9.28. The Hall–Kier alpha value is -1.88. The predicted molar refractivity (Wildman–Crippen MR) is 116 cm³/mol. The van der Waals surface area contributed by atoms with E-state index in [-0.39, 0.29) is 18.8 Å². The summed E-state index contributed by atoms with van der Waals surface area (Å²) < 4.78 is 12.1. The molecule has 2 N–H and O–H groups in total. The van der Waals surface area contributed by atoms with E-state index in [4.69, 9.17) is 9.47 Å². The number of hydrogen-bond donors (Lipinski definition) is 2. The molecule has 1 heterocycles. The normalized spacial score (nSPS) is 26.9. The third-order valence-electron chi connectivity index (χ3n) is 6.81. The number of ether oxygens (including phenoxy) is 2. The van der Waals surface area contributed by atoms with Crippen LogP contribution in [-0.2, 0) is 11.2 Å². The lowest BCUT2D eigenvalue weighted by atomic mass is 9.90. The van der Waals surface area contributed by atoms with Gasteiger partial charge in [0.15, 0.2) is 0 Å². The lowest BCUT2D eigenvalue weighted by molar-refractivity contribution is -0.113. The molecule has 1 saturated heterocycles. The Labute approximate surface area is 178 Å². The van der Waals surface area contributed by atoms with Crippen LogP contribution in [0.3, 0.4) is 0 Å². The van der Waals surface area contributed by atoms with Gasteiger partial charge < -0.3 is 19.7 Å². The predicted octanol–water partition coefficient (Wildman–Crippen LogP) is 4.66. The van der Waals surface area contributed by atoms with Crippen molar-refractivity contribution in [1.82, 2.24) is 0 Å². The molecule has 2 aromatic rings. The van der Waals surface area contributed by atoms with Crippen LogP contribution < -0.4 is 4.74 Å². The monoisotopic (exact) mass is 408 g/mol. The van der Waals surface area contributed by atoms with Crippen LogP contribution in [0.4, 0.5) is 0 Å². The fourth-order valence-corrected chi connectivity index (χ4v) is 4.68. The Morgan fingerprint density at radius 2 is 1.77 bits per heavy atom. The third kappa shape index (κ3) is 4.56. The van der Waals surface area contributed by atoms with Crippen LogP contribution in [0.5, 0.6) is 5.75 Å². The highest BCUT2D eigenvalue weighted by Crippen LogP contribution is 2.43. The minimum absolute atomic E-state index is 0.0458. The number of rotatable bonds is 7. The largest absolute Gasteiger partial charge is 0.490 e. The van der Waals surface area contributed by atoms with Gasteiger partial charge in [-0.2, -0.15) is 0 Å². The Balaban J connectivity index is 1.34. The zero-order valence-corrected chi connectivity index (χ0v) is 17.5. The van der Waals surface area contributed by atoms with Crippen LogP contribution in [0.2, 0.25) is 0 Å². The van der Waals surface area contributed by atoms with Gasteiger partial charge in [0.2, 0.25) is 0 Å². The summed E-state index contributed by atoms with van der Waals surface area (Å²) in [6.45, 7) is -0.0458. The van der Waals surface area contributed by atoms with Gasteiger partial charge in [-0.3, -0.25) is 0 Å². The van der Waals surface area contributed by atoms with Gasteiger partial charge in [0, 0.05) is 12.8 Å². The molecule has 0 radical (unpaired) electrons. The average molecular weight is 409 g/mol. The minimum atomic E-state index is -0.421. The molecule has 0 bridgehead atoms. The van der Waals surface area contributed by atoms with Gasteiger partial charge in [-0.15, -0.1) is 0 Å². The smallest absolute Gasteiger partial charge is 0.119 e. The van der Waals surface area contributed by atoms with Crippen molar-refractivity contribution in [3.05, 3.63) is 64.7 Å². The van der Waals surface area contributed by atoms with Crippen molar-refractivity contribution >= 4 is 0 Å². The summed E-state index contributed by atoms with van der Waals surface area (Å²) >= 11 is 0. The third-order valence-corrected chi connectivity index (χ3v) is 6.81. The molecule has 5 rings (SSSR count). The van der Waals surface area contributed by atoms with Crippen LogP contribution in [0.25, 0.3) is 0 Å². The molecule has 0 amide bonds. The summed E-state index contributed by atoms with van der Waals surface area (Å²) in [5.41, 5.74) is 5.19. The van der Waals surface area contributed by atoms with Gasteiger partial charge >= 0.3 is 0 Å². The Kier molecular flexibility index (Phi) is 5.81. The summed E-state index contributed by atoms with van der Waals surface area (Å²) in [5.74, 6) is 1.65. The molecule has 3 aliphatic rings. The van der Waals surface area contributed by atoms with Crippen molar-refractivity contribution < 1.29 is 19.7 Å². The Morgan fingerprint density at radius 1 is 0.967 bits per heavy atom. The van der Waals surface area contributed by atoms with Crippen molar-refractivity contribution in [3.63, 3.8) is 0 Å². The molecule has 4 nitrogen and oxygen atoms in total. The van der Waals surface area contributed by atoms with Crippen LogP contribution >= 0.6 is 0 Å². The fourth-order valence-electron chi connectivity index (χ4n) is 4.68. The molecule has 1 unspecified atom stereocenters. The lowest BCUT2D eigenvalue weighted by Gasteiger charge is -2.33. The highest BCUT2D eigenvalue weighted by Gasteiger charge is 2.31. The summed E-state index contributed by atoms with van der Waals surface area (Å²) in [6.07, 6.45) is 7.70. The van der Waals surface area contributed by atoms with Crippen molar-refractivity contribution in [2.45, 2.75) is 81.7 Å². The average Bonchev–Trinajstić information content (AvgIpc) is 3.56. The van der Waals surface area contributed by atoms with E-state index in [0.29, 0.717) is 24.9 Å². The van der Waals surface area contributed by atoms with Crippen molar-refractivity contribution in [3.8, 4) is 5.75 Å². The van der Waals surface area contributed by atoms with Crippen LogP contribution in [-0.4, -0.2) is 35.1 Å². The van der Waals surface area contributed by atoms with Gasteiger partial charge in [-0.25, -0.2) is 0 Å². The van der Waals surface area contributed by atoms with E-state index in [1.807, 2.05) is 0 Å². The number of hydrogen-bond acceptors (Lipinski definition) is 4. The first kappa shape index (κ1) is 20.0. The second kappa shape index (κ2) is 8.70. The SMILES string of the molecule is OC[C@@H]1CC(O)C[C@H](c2ccc(C3CC3)c(Cc3ccc(OC4CCC4)cc3)c2)O1. The van der Waals surface area contributed by atoms with E-state index in [1.54, 1.807) is 0 Å². The molecule has 0 spiro atoms. The van der Waals surface area contributed by atoms with Gasteiger partial charge in [-0.05, 0) is 78.8 Å². The van der Waals surface area contributed by atoms with E-state index in [1.165, 1.54) is 48.8 Å². The zero-order chi connectivity index (χ0) is 20.5. The maximum absolute atomic E-state index is 10.2. The first-order valence-electron chi connectivity index (χ1n) is 11.5. The first-order chi connectivity index (χ1) is 14.7. The number of benzene rings is 2. The van der Waals surface area contributed by atoms with Crippen LogP contribution in [0.15, 0.2) is 42.5 Å². The number of aliphatic hydroxyl groups excluding tert-OH is 2. The van der Waals surface area contributed by atoms with E-state index < -0.39 is 6.10 Å². The highest BCUT2D eigenvalue weighted by atomic mass is 16.5. The second-order valence-electron chi connectivity index (χ2n) is 9.28. The molecule has 30 heavy (non-hydrogen) atoms. The molecule has 4 heteroatoms. The maximum Gasteiger partial charge on any atom is 0.119 e. The maximum atomic E-state index is 10.2. The van der Waals surface area contributed by atoms with Crippen molar-refractivity contribution in [1.29, 1.82) is 0 Å². The van der Waals surface area contributed by atoms with Crippen molar-refractivity contribution in [2.24, 2.45) is 0 Å². The topological polar surface area (TPSA) is 58.9 Å². The van der Waals surface area contributed by atoms with Gasteiger partial charge in [-0.1, -0.05) is 30.3 Å². The van der Waals surface area contributed by atoms with E-state index in [0.717, 1.165) is 17.7 Å². The number of aliphatic hydroxyl groups is 2. The molecule has 2 aromatic carbocycles. The van der Waals surface area contributed by atoms with E-state index in [9.17, 15) is 10.2 Å². The first-order valence-corrected chi connectivity index (χ1v) is 11.5.